The Kier molecular flexibility index (Phi) is 6.82. The molecule has 1 atom stereocenters. The van der Waals surface area contributed by atoms with Crippen LogP contribution in [-0.2, 0) is 4.74 Å². The molecule has 2 nitrogen and oxygen atoms in total. The first-order valence-corrected chi connectivity index (χ1v) is 6.33. The van der Waals surface area contributed by atoms with Crippen LogP contribution in [0.4, 0.5) is 4.39 Å². The molecule has 0 aliphatic carbocycles. The van der Waals surface area contributed by atoms with Crippen molar-refractivity contribution < 1.29 is 9.13 Å². The summed E-state index contributed by atoms with van der Waals surface area (Å²) in [5, 5.41) is 0. The van der Waals surface area contributed by atoms with E-state index < -0.39 is 0 Å². The van der Waals surface area contributed by atoms with Gasteiger partial charge < -0.3 is 10.5 Å². The molecule has 0 aromatic heterocycles. The van der Waals surface area contributed by atoms with Crippen molar-refractivity contribution in [3.63, 3.8) is 0 Å². The number of hydrogen-bond donors (Lipinski definition) is 1. The Balaban J connectivity index is 2.21. The van der Waals surface area contributed by atoms with Gasteiger partial charge in [0.2, 0.25) is 0 Å². The maximum atomic E-state index is 13.4. The number of unbranched alkanes of at least 4 members (excludes halogenated alkanes) is 3. The highest BCUT2D eigenvalue weighted by molar-refractivity contribution is 5.20. The second-order valence-electron chi connectivity index (χ2n) is 4.26. The number of nitrogens with two attached hydrogens (primary N) is 1. The van der Waals surface area contributed by atoms with E-state index >= 15 is 0 Å². The molecule has 0 aliphatic rings. The number of rotatable bonds is 8. The van der Waals surface area contributed by atoms with Gasteiger partial charge in [0.1, 0.15) is 5.82 Å². The van der Waals surface area contributed by atoms with Crippen LogP contribution in [0.1, 0.15) is 44.2 Å². The lowest BCUT2D eigenvalue weighted by atomic mass is 10.1. The predicted molar refractivity (Wildman–Crippen MR) is 68.3 cm³/mol. The Hall–Kier alpha value is -0.930. The van der Waals surface area contributed by atoms with Gasteiger partial charge in [0, 0.05) is 12.2 Å². The molecule has 0 saturated carbocycles. The van der Waals surface area contributed by atoms with Crippen molar-refractivity contribution in [1.29, 1.82) is 0 Å². The van der Waals surface area contributed by atoms with Gasteiger partial charge in [-0.15, -0.1) is 0 Å². The minimum absolute atomic E-state index is 0.255. The summed E-state index contributed by atoms with van der Waals surface area (Å²) >= 11 is 0. The number of benzene rings is 1. The minimum atomic E-state index is -0.373. The van der Waals surface area contributed by atoms with Crippen LogP contribution in [0.2, 0.25) is 0 Å². The Morgan fingerprint density at radius 3 is 2.71 bits per heavy atom. The van der Waals surface area contributed by atoms with Crippen molar-refractivity contribution in [3.05, 3.63) is 35.6 Å². The van der Waals surface area contributed by atoms with Gasteiger partial charge in [-0.05, 0) is 12.5 Å². The van der Waals surface area contributed by atoms with Crippen LogP contribution in [0.3, 0.4) is 0 Å². The van der Waals surface area contributed by atoms with Crippen molar-refractivity contribution in [2.24, 2.45) is 5.73 Å². The summed E-state index contributed by atoms with van der Waals surface area (Å²) in [5.41, 5.74) is 6.40. The van der Waals surface area contributed by atoms with E-state index in [9.17, 15) is 4.39 Å². The van der Waals surface area contributed by atoms with Crippen molar-refractivity contribution >= 4 is 0 Å². The Bertz CT molecular complexity index is 317. The van der Waals surface area contributed by atoms with E-state index in [0.717, 1.165) is 6.42 Å². The highest BCUT2D eigenvalue weighted by atomic mass is 19.1. The average Bonchev–Trinajstić information content (AvgIpc) is 2.34. The highest BCUT2D eigenvalue weighted by Gasteiger charge is 2.10. The molecule has 0 spiro atoms. The van der Waals surface area contributed by atoms with Crippen LogP contribution in [0.15, 0.2) is 24.3 Å². The third-order valence-corrected chi connectivity index (χ3v) is 2.74. The second kappa shape index (κ2) is 8.20. The molecule has 0 saturated heterocycles. The van der Waals surface area contributed by atoms with Gasteiger partial charge in [-0.1, -0.05) is 44.4 Å². The lowest BCUT2D eigenvalue weighted by Gasteiger charge is -2.13. The Morgan fingerprint density at radius 2 is 2.00 bits per heavy atom. The number of ether oxygens (including phenoxy) is 1. The molecule has 1 unspecified atom stereocenters. The highest BCUT2D eigenvalue weighted by Crippen LogP contribution is 2.14. The third kappa shape index (κ3) is 5.29. The first-order valence-electron chi connectivity index (χ1n) is 6.33. The SMILES string of the molecule is CCCCCCOCC(N)c1ccccc1F. The number of halogens is 1. The van der Waals surface area contributed by atoms with E-state index in [1.165, 1.54) is 25.3 Å². The fourth-order valence-electron chi connectivity index (χ4n) is 1.71. The molecule has 0 heterocycles. The monoisotopic (exact) mass is 239 g/mol. The zero-order valence-electron chi connectivity index (χ0n) is 10.5. The molecule has 3 heteroatoms. The summed E-state index contributed by atoms with van der Waals surface area (Å²) in [6.45, 7) is 3.27. The first kappa shape index (κ1) is 14.1. The van der Waals surface area contributed by atoms with Crippen molar-refractivity contribution in [2.45, 2.75) is 38.6 Å². The molecule has 96 valence electrons. The van der Waals surface area contributed by atoms with Crippen LogP contribution in [0, 0.1) is 5.82 Å². The molecular weight excluding hydrogens is 217 g/mol. The quantitative estimate of drug-likeness (QED) is 0.705. The van der Waals surface area contributed by atoms with Crippen molar-refractivity contribution in [1.82, 2.24) is 0 Å². The minimum Gasteiger partial charge on any atom is -0.379 e. The van der Waals surface area contributed by atoms with Gasteiger partial charge in [0.05, 0.1) is 12.6 Å². The fourth-order valence-corrected chi connectivity index (χ4v) is 1.71. The molecule has 17 heavy (non-hydrogen) atoms. The van der Waals surface area contributed by atoms with Crippen LogP contribution >= 0.6 is 0 Å². The zero-order valence-corrected chi connectivity index (χ0v) is 10.5. The Labute approximate surface area is 103 Å². The fraction of sp³-hybridized carbons (Fsp3) is 0.571. The maximum Gasteiger partial charge on any atom is 0.128 e. The van der Waals surface area contributed by atoms with Crippen LogP contribution in [-0.4, -0.2) is 13.2 Å². The normalized spacial score (nSPS) is 12.6. The van der Waals surface area contributed by atoms with Crippen molar-refractivity contribution in [2.75, 3.05) is 13.2 Å². The molecule has 1 aromatic carbocycles. The van der Waals surface area contributed by atoms with E-state index in [0.29, 0.717) is 18.8 Å². The lowest BCUT2D eigenvalue weighted by Crippen LogP contribution is -2.18. The van der Waals surface area contributed by atoms with Gasteiger partial charge in [0.15, 0.2) is 0 Å². The lowest BCUT2D eigenvalue weighted by molar-refractivity contribution is 0.116. The summed E-state index contributed by atoms with van der Waals surface area (Å²) in [5.74, 6) is -0.255. The zero-order chi connectivity index (χ0) is 12.5. The molecule has 0 bridgehead atoms. The van der Waals surface area contributed by atoms with Crippen LogP contribution in [0.25, 0.3) is 0 Å². The van der Waals surface area contributed by atoms with E-state index in [1.54, 1.807) is 18.2 Å². The summed E-state index contributed by atoms with van der Waals surface area (Å²) in [7, 11) is 0. The van der Waals surface area contributed by atoms with E-state index in [4.69, 9.17) is 10.5 Å². The summed E-state index contributed by atoms with van der Waals surface area (Å²) in [6, 6.07) is 6.22. The van der Waals surface area contributed by atoms with Crippen LogP contribution in [0.5, 0.6) is 0 Å². The van der Waals surface area contributed by atoms with Gasteiger partial charge >= 0.3 is 0 Å². The first-order chi connectivity index (χ1) is 8.25. The molecule has 0 radical (unpaired) electrons. The summed E-state index contributed by atoms with van der Waals surface area (Å²) < 4.78 is 18.8. The van der Waals surface area contributed by atoms with Gasteiger partial charge in [0.25, 0.3) is 0 Å². The van der Waals surface area contributed by atoms with Gasteiger partial charge in [-0.3, -0.25) is 0 Å². The smallest absolute Gasteiger partial charge is 0.128 e. The second-order valence-corrected chi connectivity index (χ2v) is 4.26. The summed E-state index contributed by atoms with van der Waals surface area (Å²) in [4.78, 5) is 0. The Morgan fingerprint density at radius 1 is 1.24 bits per heavy atom. The topological polar surface area (TPSA) is 35.2 Å². The standard InChI is InChI=1S/C14H22FNO/c1-2-3-4-7-10-17-11-14(16)12-8-5-6-9-13(12)15/h5-6,8-9,14H,2-4,7,10-11,16H2,1H3. The maximum absolute atomic E-state index is 13.4. The molecule has 0 amide bonds. The van der Waals surface area contributed by atoms with E-state index in [1.807, 2.05) is 0 Å². The van der Waals surface area contributed by atoms with Gasteiger partial charge in [-0.2, -0.15) is 0 Å². The largest absolute Gasteiger partial charge is 0.379 e. The summed E-state index contributed by atoms with van der Waals surface area (Å²) in [6.07, 6.45) is 4.70. The molecule has 1 aromatic rings. The third-order valence-electron chi connectivity index (χ3n) is 2.74. The van der Waals surface area contributed by atoms with E-state index in [2.05, 4.69) is 6.92 Å². The average molecular weight is 239 g/mol. The predicted octanol–water partition coefficient (Wildman–Crippen LogP) is 3.42. The van der Waals surface area contributed by atoms with E-state index in [-0.39, 0.29) is 11.9 Å². The van der Waals surface area contributed by atoms with Crippen LogP contribution < -0.4 is 5.73 Å². The molecule has 2 N–H and O–H groups in total. The molecule has 0 fully saturated rings. The molecular formula is C14H22FNO. The molecule has 1 rings (SSSR count). The molecule has 0 aliphatic heterocycles. The van der Waals surface area contributed by atoms with Crippen molar-refractivity contribution in [3.8, 4) is 0 Å². The van der Waals surface area contributed by atoms with Gasteiger partial charge in [-0.25, -0.2) is 4.39 Å². The number of hydrogen-bond acceptors (Lipinski definition) is 2.